The summed E-state index contributed by atoms with van der Waals surface area (Å²) in [5.74, 6) is 1.15. The third kappa shape index (κ3) is 2.49. The van der Waals surface area contributed by atoms with Gasteiger partial charge in [-0.3, -0.25) is 4.90 Å². The highest BCUT2D eigenvalue weighted by molar-refractivity contribution is 5.47. The molecule has 2 fully saturated rings. The first-order valence-corrected chi connectivity index (χ1v) is 7.01. The van der Waals surface area contributed by atoms with E-state index in [9.17, 15) is 0 Å². The number of pyridine rings is 1. The highest BCUT2D eigenvalue weighted by Gasteiger charge is 2.31. The van der Waals surface area contributed by atoms with Gasteiger partial charge in [0.1, 0.15) is 5.82 Å². The Labute approximate surface area is 109 Å². The zero-order valence-electron chi connectivity index (χ0n) is 10.9. The Morgan fingerprint density at radius 2 is 2.00 bits per heavy atom. The van der Waals surface area contributed by atoms with Crippen LogP contribution in [0.2, 0.25) is 0 Å². The van der Waals surface area contributed by atoms with Gasteiger partial charge in [-0.15, -0.1) is 0 Å². The second-order valence-electron chi connectivity index (χ2n) is 5.28. The van der Waals surface area contributed by atoms with E-state index in [4.69, 9.17) is 5.73 Å². The fourth-order valence-corrected chi connectivity index (χ4v) is 2.80. The van der Waals surface area contributed by atoms with Gasteiger partial charge in [-0.05, 0) is 37.4 Å². The molecule has 3 rings (SSSR count). The van der Waals surface area contributed by atoms with E-state index in [0.717, 1.165) is 31.4 Å². The Bertz CT molecular complexity index is 395. The summed E-state index contributed by atoms with van der Waals surface area (Å²) in [7, 11) is 0. The van der Waals surface area contributed by atoms with Crippen molar-refractivity contribution in [1.29, 1.82) is 0 Å². The molecule has 0 unspecified atom stereocenters. The molecule has 0 aromatic carbocycles. The smallest absolute Gasteiger partial charge is 0.131 e. The molecule has 2 N–H and O–H groups in total. The average molecular weight is 246 g/mol. The fraction of sp³-hybridized carbons (Fsp3) is 0.643. The summed E-state index contributed by atoms with van der Waals surface area (Å²) in [6, 6.07) is 5.05. The van der Waals surface area contributed by atoms with Crippen LogP contribution in [0.5, 0.6) is 0 Å². The lowest BCUT2D eigenvalue weighted by molar-refractivity contribution is 0.247. The minimum absolute atomic E-state index is 0.695. The largest absolute Gasteiger partial charge is 0.354 e. The van der Waals surface area contributed by atoms with Crippen molar-refractivity contribution in [2.45, 2.75) is 25.3 Å². The fourth-order valence-electron chi connectivity index (χ4n) is 2.80. The summed E-state index contributed by atoms with van der Waals surface area (Å²) in [5, 5.41) is 0. The van der Waals surface area contributed by atoms with E-state index in [1.165, 1.54) is 31.5 Å². The lowest BCUT2D eigenvalue weighted by Gasteiger charge is -2.36. The van der Waals surface area contributed by atoms with Gasteiger partial charge >= 0.3 is 0 Å². The molecule has 0 atom stereocenters. The summed E-state index contributed by atoms with van der Waals surface area (Å²) in [5.41, 5.74) is 6.97. The van der Waals surface area contributed by atoms with Crippen LogP contribution in [0, 0.1) is 0 Å². The number of nitrogens with zero attached hydrogens (tertiary/aromatic N) is 3. The molecule has 2 aliphatic rings. The highest BCUT2D eigenvalue weighted by Crippen LogP contribution is 2.28. The van der Waals surface area contributed by atoms with E-state index in [1.807, 2.05) is 12.3 Å². The third-order valence-electron chi connectivity index (χ3n) is 3.96. The van der Waals surface area contributed by atoms with Gasteiger partial charge in [-0.1, -0.05) is 6.07 Å². The summed E-state index contributed by atoms with van der Waals surface area (Å²) < 4.78 is 0. The lowest BCUT2D eigenvalue weighted by atomic mass is 10.1. The molecule has 1 saturated carbocycles. The Kier molecular flexibility index (Phi) is 3.48. The summed E-state index contributed by atoms with van der Waals surface area (Å²) >= 11 is 0. The van der Waals surface area contributed by atoms with Crippen molar-refractivity contribution in [3.63, 3.8) is 0 Å². The zero-order chi connectivity index (χ0) is 12.4. The number of anilines is 1. The molecule has 1 aliphatic carbocycles. The molecular formula is C14H22N4. The molecule has 0 radical (unpaired) electrons. The summed E-state index contributed by atoms with van der Waals surface area (Å²) in [6.07, 6.45) is 5.62. The van der Waals surface area contributed by atoms with E-state index < -0.39 is 0 Å². The van der Waals surface area contributed by atoms with Crippen LogP contribution in [0.1, 0.15) is 18.4 Å². The molecule has 1 saturated heterocycles. The van der Waals surface area contributed by atoms with Gasteiger partial charge in [-0.2, -0.15) is 0 Å². The maximum Gasteiger partial charge on any atom is 0.131 e. The monoisotopic (exact) mass is 246 g/mol. The summed E-state index contributed by atoms with van der Waals surface area (Å²) in [4.78, 5) is 9.61. The quantitative estimate of drug-likeness (QED) is 0.856. The van der Waals surface area contributed by atoms with E-state index in [-0.39, 0.29) is 0 Å². The molecule has 0 amide bonds. The third-order valence-corrected chi connectivity index (χ3v) is 3.96. The van der Waals surface area contributed by atoms with Crippen molar-refractivity contribution >= 4 is 5.82 Å². The van der Waals surface area contributed by atoms with E-state index in [2.05, 4.69) is 20.9 Å². The van der Waals surface area contributed by atoms with E-state index >= 15 is 0 Å². The van der Waals surface area contributed by atoms with Crippen molar-refractivity contribution in [3.8, 4) is 0 Å². The molecule has 18 heavy (non-hydrogen) atoms. The number of rotatable bonds is 4. The van der Waals surface area contributed by atoms with E-state index in [1.54, 1.807) is 0 Å². The minimum Gasteiger partial charge on any atom is -0.354 e. The topological polar surface area (TPSA) is 45.4 Å². The van der Waals surface area contributed by atoms with Crippen LogP contribution in [-0.4, -0.2) is 48.6 Å². The van der Waals surface area contributed by atoms with Crippen LogP contribution in [0.25, 0.3) is 0 Å². The Hall–Kier alpha value is -1.13. The van der Waals surface area contributed by atoms with Crippen LogP contribution in [0.4, 0.5) is 5.82 Å². The van der Waals surface area contributed by atoms with Gasteiger partial charge < -0.3 is 10.6 Å². The number of hydrogen-bond acceptors (Lipinski definition) is 4. The maximum atomic E-state index is 5.67. The van der Waals surface area contributed by atoms with Crippen LogP contribution >= 0.6 is 0 Å². The Morgan fingerprint density at radius 1 is 1.22 bits per heavy atom. The van der Waals surface area contributed by atoms with Crippen molar-refractivity contribution in [3.05, 3.63) is 23.9 Å². The lowest BCUT2D eigenvalue weighted by Crippen LogP contribution is -2.47. The zero-order valence-corrected chi connectivity index (χ0v) is 10.9. The molecule has 1 aliphatic heterocycles. The standard InChI is InChI=1S/C14H22N4/c15-6-5-12-2-1-7-16-14(12)18-10-8-17(9-11-18)13-3-4-13/h1-2,7,13H,3-6,8-11,15H2. The van der Waals surface area contributed by atoms with Crippen LogP contribution < -0.4 is 10.6 Å². The van der Waals surface area contributed by atoms with Gasteiger partial charge in [0.05, 0.1) is 0 Å². The van der Waals surface area contributed by atoms with Gasteiger partial charge in [0.25, 0.3) is 0 Å². The van der Waals surface area contributed by atoms with Crippen molar-refractivity contribution < 1.29 is 0 Å². The van der Waals surface area contributed by atoms with Gasteiger partial charge in [0.2, 0.25) is 0 Å². The molecule has 1 aromatic rings. The van der Waals surface area contributed by atoms with Crippen molar-refractivity contribution in [2.24, 2.45) is 5.73 Å². The van der Waals surface area contributed by atoms with Gasteiger partial charge in [0, 0.05) is 38.4 Å². The molecule has 1 aromatic heterocycles. The van der Waals surface area contributed by atoms with Crippen LogP contribution in [0.3, 0.4) is 0 Å². The van der Waals surface area contributed by atoms with Crippen LogP contribution in [-0.2, 0) is 6.42 Å². The SMILES string of the molecule is NCCc1cccnc1N1CCN(C2CC2)CC1. The van der Waals surface area contributed by atoms with E-state index in [0.29, 0.717) is 6.54 Å². The minimum atomic E-state index is 0.695. The van der Waals surface area contributed by atoms with Crippen molar-refractivity contribution in [1.82, 2.24) is 9.88 Å². The normalized spacial score (nSPS) is 21.3. The molecule has 2 heterocycles. The first-order valence-electron chi connectivity index (χ1n) is 7.01. The first-order chi connectivity index (χ1) is 8.88. The molecule has 4 heteroatoms. The second-order valence-corrected chi connectivity index (χ2v) is 5.28. The predicted molar refractivity (Wildman–Crippen MR) is 73.8 cm³/mol. The number of aromatic nitrogens is 1. The number of piperazine rings is 1. The number of nitrogens with two attached hydrogens (primary N) is 1. The Balaban J connectivity index is 1.67. The van der Waals surface area contributed by atoms with Gasteiger partial charge in [-0.25, -0.2) is 4.98 Å². The predicted octanol–water partition coefficient (Wildman–Crippen LogP) is 0.867. The molecule has 4 nitrogen and oxygen atoms in total. The Morgan fingerprint density at radius 3 is 2.67 bits per heavy atom. The maximum absolute atomic E-state index is 5.67. The first kappa shape index (κ1) is 11.9. The van der Waals surface area contributed by atoms with Crippen molar-refractivity contribution in [2.75, 3.05) is 37.6 Å². The number of hydrogen-bond donors (Lipinski definition) is 1. The molecule has 0 bridgehead atoms. The van der Waals surface area contributed by atoms with Gasteiger partial charge in [0.15, 0.2) is 0 Å². The second kappa shape index (κ2) is 5.24. The summed E-state index contributed by atoms with van der Waals surface area (Å²) in [6.45, 7) is 5.27. The highest BCUT2D eigenvalue weighted by atomic mass is 15.3. The molecule has 98 valence electrons. The molecular weight excluding hydrogens is 224 g/mol. The molecule has 0 spiro atoms. The average Bonchev–Trinajstić information content (AvgIpc) is 3.25. The van der Waals surface area contributed by atoms with Crippen LogP contribution in [0.15, 0.2) is 18.3 Å².